The maximum absolute atomic E-state index is 13.6. The van der Waals surface area contributed by atoms with Gasteiger partial charge in [0.2, 0.25) is 16.0 Å². The molecule has 1 aliphatic rings. The van der Waals surface area contributed by atoms with E-state index in [1.807, 2.05) is 6.07 Å². The number of sulfonamides is 1. The van der Waals surface area contributed by atoms with Gasteiger partial charge in [0.1, 0.15) is 16.5 Å². The Labute approximate surface area is 197 Å². The number of halogens is 3. The first-order valence-corrected chi connectivity index (χ1v) is 12.4. The number of rotatable bonds is 5. The predicted octanol–water partition coefficient (Wildman–Crippen LogP) is 3.40. The van der Waals surface area contributed by atoms with Gasteiger partial charge in [-0.2, -0.15) is 27.8 Å². The molecule has 34 heavy (non-hydrogen) atoms. The van der Waals surface area contributed by atoms with Gasteiger partial charge in [0.25, 0.3) is 0 Å². The van der Waals surface area contributed by atoms with Crippen LogP contribution in [0.5, 0.6) is 0 Å². The standard InChI is InChI=1S/C20H20F3N7O2S2/c1-12-13(8-24)7-17(33-12)18-16(20(21,22)23)10-25-19(28-18)27-14-3-5-30(6-4-14)34(31,32)15-9-26-29(2)11-15/h7,9-11,14H,3-6H2,1-2H3,(H,25,27,28). The lowest BCUT2D eigenvalue weighted by Gasteiger charge is -2.31. The molecule has 0 atom stereocenters. The van der Waals surface area contributed by atoms with Crippen LogP contribution in [0.2, 0.25) is 0 Å². The number of nitrogens with one attached hydrogen (secondary N) is 1. The van der Waals surface area contributed by atoms with Crippen molar-refractivity contribution in [1.82, 2.24) is 24.1 Å². The highest BCUT2D eigenvalue weighted by molar-refractivity contribution is 7.89. The SMILES string of the molecule is Cc1sc(-c2nc(NC3CCN(S(=O)(=O)c4cnn(C)c4)CC3)ncc2C(F)(F)F)cc1C#N. The molecule has 180 valence electrons. The van der Waals surface area contributed by atoms with Crippen molar-refractivity contribution in [2.45, 2.75) is 36.9 Å². The number of hydrogen-bond donors (Lipinski definition) is 1. The van der Waals surface area contributed by atoms with Gasteiger partial charge in [-0.25, -0.2) is 18.4 Å². The van der Waals surface area contributed by atoms with Gasteiger partial charge in [-0.1, -0.05) is 0 Å². The summed E-state index contributed by atoms with van der Waals surface area (Å²) in [5.74, 6) is 0.0149. The summed E-state index contributed by atoms with van der Waals surface area (Å²) >= 11 is 1.06. The van der Waals surface area contributed by atoms with Gasteiger partial charge in [-0.05, 0) is 25.8 Å². The van der Waals surface area contributed by atoms with Crippen LogP contribution in [0, 0.1) is 18.3 Å². The fraction of sp³-hybridized carbons (Fsp3) is 0.400. The predicted molar refractivity (Wildman–Crippen MR) is 118 cm³/mol. The Kier molecular flexibility index (Phi) is 6.36. The Morgan fingerprint density at radius 2 is 1.97 bits per heavy atom. The van der Waals surface area contributed by atoms with Crippen LogP contribution in [0.1, 0.15) is 28.8 Å². The van der Waals surface area contributed by atoms with Crippen molar-refractivity contribution in [3.8, 4) is 16.6 Å². The van der Waals surface area contributed by atoms with Crippen molar-refractivity contribution in [1.29, 1.82) is 5.26 Å². The van der Waals surface area contributed by atoms with E-state index < -0.39 is 21.8 Å². The Morgan fingerprint density at radius 3 is 2.53 bits per heavy atom. The molecule has 1 aliphatic heterocycles. The number of anilines is 1. The number of aryl methyl sites for hydroxylation is 2. The molecule has 0 bridgehead atoms. The maximum Gasteiger partial charge on any atom is 0.420 e. The molecule has 4 rings (SSSR count). The summed E-state index contributed by atoms with van der Waals surface area (Å²) in [6.45, 7) is 2.13. The maximum atomic E-state index is 13.6. The van der Waals surface area contributed by atoms with Crippen LogP contribution in [-0.4, -0.2) is 51.6 Å². The Bertz CT molecular complexity index is 1350. The number of alkyl halides is 3. The summed E-state index contributed by atoms with van der Waals surface area (Å²) in [4.78, 5) is 8.91. The van der Waals surface area contributed by atoms with E-state index in [4.69, 9.17) is 5.26 Å². The van der Waals surface area contributed by atoms with Gasteiger partial charge in [-0.15, -0.1) is 11.3 Å². The van der Waals surface area contributed by atoms with Crippen LogP contribution >= 0.6 is 11.3 Å². The van der Waals surface area contributed by atoms with E-state index in [0.29, 0.717) is 23.3 Å². The zero-order valence-electron chi connectivity index (χ0n) is 18.2. The normalized spacial score (nSPS) is 15.9. The third-order valence-electron chi connectivity index (χ3n) is 5.47. The van der Waals surface area contributed by atoms with Crippen molar-refractivity contribution in [3.05, 3.63) is 40.7 Å². The third kappa shape index (κ3) is 4.77. The Morgan fingerprint density at radius 1 is 1.26 bits per heavy atom. The first kappa shape index (κ1) is 24.1. The second kappa shape index (κ2) is 8.97. The molecule has 9 nitrogen and oxygen atoms in total. The van der Waals surface area contributed by atoms with Gasteiger partial charge < -0.3 is 5.32 Å². The number of aromatic nitrogens is 4. The van der Waals surface area contributed by atoms with Crippen LogP contribution in [0.4, 0.5) is 19.1 Å². The van der Waals surface area contributed by atoms with E-state index in [0.717, 1.165) is 17.5 Å². The Hall–Kier alpha value is -3.02. The van der Waals surface area contributed by atoms with Crippen molar-refractivity contribution < 1.29 is 21.6 Å². The Balaban J connectivity index is 1.52. The summed E-state index contributed by atoms with van der Waals surface area (Å²) in [5, 5.41) is 16.1. The molecule has 3 aromatic heterocycles. The first-order valence-electron chi connectivity index (χ1n) is 10.2. The molecule has 0 radical (unpaired) electrons. The second-order valence-electron chi connectivity index (χ2n) is 7.82. The molecule has 3 aromatic rings. The molecule has 14 heteroatoms. The fourth-order valence-electron chi connectivity index (χ4n) is 3.66. The summed E-state index contributed by atoms with van der Waals surface area (Å²) in [5.41, 5.74) is -0.985. The average molecular weight is 512 g/mol. The highest BCUT2D eigenvalue weighted by Gasteiger charge is 2.36. The number of nitriles is 1. The largest absolute Gasteiger partial charge is 0.420 e. The topological polar surface area (TPSA) is 117 Å². The lowest BCUT2D eigenvalue weighted by atomic mass is 10.1. The summed E-state index contributed by atoms with van der Waals surface area (Å²) in [7, 11) is -2.03. The molecule has 1 fully saturated rings. The molecule has 0 saturated carbocycles. The fourth-order valence-corrected chi connectivity index (χ4v) is 6.09. The molecule has 1 saturated heterocycles. The van der Waals surface area contributed by atoms with Crippen molar-refractivity contribution in [3.63, 3.8) is 0 Å². The lowest BCUT2D eigenvalue weighted by molar-refractivity contribution is -0.137. The molecule has 4 heterocycles. The number of thiophene rings is 1. The van der Waals surface area contributed by atoms with Crippen LogP contribution in [0.3, 0.4) is 0 Å². The highest BCUT2D eigenvalue weighted by Crippen LogP contribution is 2.39. The summed E-state index contributed by atoms with van der Waals surface area (Å²) < 4.78 is 69.0. The minimum atomic E-state index is -4.66. The lowest BCUT2D eigenvalue weighted by Crippen LogP contribution is -2.42. The van der Waals surface area contributed by atoms with Gasteiger partial charge in [0, 0.05) is 43.4 Å². The van der Waals surface area contributed by atoms with E-state index in [-0.39, 0.29) is 40.5 Å². The molecule has 0 amide bonds. The van der Waals surface area contributed by atoms with E-state index in [2.05, 4.69) is 20.4 Å². The van der Waals surface area contributed by atoms with Crippen LogP contribution in [0.15, 0.2) is 29.6 Å². The monoisotopic (exact) mass is 511 g/mol. The molecule has 0 unspecified atom stereocenters. The van der Waals surface area contributed by atoms with E-state index in [1.54, 1.807) is 14.0 Å². The van der Waals surface area contributed by atoms with Crippen molar-refractivity contribution >= 4 is 27.3 Å². The quantitative estimate of drug-likeness (QED) is 0.558. The van der Waals surface area contributed by atoms with Crippen LogP contribution in [-0.2, 0) is 23.2 Å². The average Bonchev–Trinajstić information content (AvgIpc) is 3.39. The van der Waals surface area contributed by atoms with Gasteiger partial charge in [-0.3, -0.25) is 4.68 Å². The summed E-state index contributed by atoms with van der Waals surface area (Å²) in [6, 6.07) is 3.14. The minimum absolute atomic E-state index is 0.0149. The van der Waals surface area contributed by atoms with E-state index in [1.165, 1.54) is 27.4 Å². The van der Waals surface area contributed by atoms with Crippen LogP contribution < -0.4 is 5.32 Å². The van der Waals surface area contributed by atoms with Crippen molar-refractivity contribution in [2.24, 2.45) is 7.05 Å². The van der Waals surface area contributed by atoms with Crippen molar-refractivity contribution in [2.75, 3.05) is 18.4 Å². The first-order chi connectivity index (χ1) is 16.0. The minimum Gasteiger partial charge on any atom is -0.351 e. The third-order valence-corrected chi connectivity index (χ3v) is 8.38. The zero-order chi connectivity index (χ0) is 24.7. The van der Waals surface area contributed by atoms with E-state index in [9.17, 15) is 21.6 Å². The zero-order valence-corrected chi connectivity index (χ0v) is 19.8. The van der Waals surface area contributed by atoms with Gasteiger partial charge in [0.15, 0.2) is 0 Å². The molecular formula is C20H20F3N7O2S2. The smallest absolute Gasteiger partial charge is 0.351 e. The van der Waals surface area contributed by atoms with Gasteiger partial charge in [0.05, 0.1) is 22.3 Å². The second-order valence-corrected chi connectivity index (χ2v) is 11.0. The van der Waals surface area contributed by atoms with Crippen LogP contribution in [0.25, 0.3) is 10.6 Å². The molecule has 0 aliphatic carbocycles. The summed E-state index contributed by atoms with van der Waals surface area (Å²) in [6.07, 6.45) is -0.355. The molecule has 1 N–H and O–H groups in total. The van der Waals surface area contributed by atoms with E-state index >= 15 is 0 Å². The molecule has 0 aromatic carbocycles. The van der Waals surface area contributed by atoms with Gasteiger partial charge >= 0.3 is 6.18 Å². The highest BCUT2D eigenvalue weighted by atomic mass is 32.2. The molecular weight excluding hydrogens is 491 g/mol. The number of hydrogen-bond acceptors (Lipinski definition) is 8. The number of nitrogens with zero attached hydrogens (tertiary/aromatic N) is 6. The molecule has 0 spiro atoms. The number of piperidine rings is 1.